The number of ether oxygens (including phenoxy) is 1. The number of hydrogen-bond acceptors (Lipinski definition) is 3. The van der Waals surface area contributed by atoms with Crippen molar-refractivity contribution in [2.45, 2.75) is 18.9 Å². The summed E-state index contributed by atoms with van der Waals surface area (Å²) in [5.41, 5.74) is 1.86. The first-order valence-corrected chi connectivity index (χ1v) is 8.56. The predicted octanol–water partition coefficient (Wildman–Crippen LogP) is 2.94. The fourth-order valence-corrected chi connectivity index (χ4v) is 3.31. The van der Waals surface area contributed by atoms with Gasteiger partial charge in [0.25, 0.3) is 0 Å². The lowest BCUT2D eigenvalue weighted by Crippen LogP contribution is -2.48. The highest BCUT2D eigenvalue weighted by Gasteiger charge is 2.27. The van der Waals surface area contributed by atoms with Crippen LogP contribution in [-0.2, 0) is 11.2 Å². The second-order valence-electron chi connectivity index (χ2n) is 6.17. The van der Waals surface area contributed by atoms with E-state index in [2.05, 4.69) is 5.32 Å². The average Bonchev–Trinajstić information content (AvgIpc) is 2.66. The number of methoxy groups -OCH3 is 1. The average molecular weight is 342 g/mol. The molecule has 132 valence electrons. The van der Waals surface area contributed by atoms with Gasteiger partial charge in [-0.2, -0.15) is 0 Å². The number of benzene rings is 2. The Morgan fingerprint density at radius 3 is 2.92 bits per heavy atom. The van der Waals surface area contributed by atoms with Gasteiger partial charge in [-0.15, -0.1) is 0 Å². The lowest BCUT2D eigenvalue weighted by atomic mass is 10.0. The van der Waals surface area contributed by atoms with Crippen molar-refractivity contribution in [2.75, 3.05) is 26.7 Å². The number of carbonyl (C=O) groups excluding carboxylic acids is 1. The van der Waals surface area contributed by atoms with Crippen LogP contribution in [0.5, 0.6) is 5.75 Å². The zero-order chi connectivity index (χ0) is 17.6. The van der Waals surface area contributed by atoms with E-state index in [0.29, 0.717) is 25.9 Å². The Bertz CT molecular complexity index is 735. The van der Waals surface area contributed by atoms with Crippen molar-refractivity contribution < 1.29 is 13.9 Å². The number of amides is 1. The Balaban J connectivity index is 1.71. The highest BCUT2D eigenvalue weighted by molar-refractivity contribution is 5.77. The molecule has 3 rings (SSSR count). The van der Waals surface area contributed by atoms with Crippen molar-refractivity contribution in [3.8, 4) is 5.75 Å². The highest BCUT2D eigenvalue weighted by atomic mass is 19.1. The Hall–Kier alpha value is -2.40. The number of carbonyl (C=O) groups is 1. The summed E-state index contributed by atoms with van der Waals surface area (Å²) in [5.74, 6) is 0.614. The van der Waals surface area contributed by atoms with Gasteiger partial charge in [0, 0.05) is 26.1 Å². The van der Waals surface area contributed by atoms with Crippen LogP contribution in [0, 0.1) is 5.82 Å². The summed E-state index contributed by atoms with van der Waals surface area (Å²) in [5, 5.41) is 3.29. The molecule has 1 unspecified atom stereocenters. The minimum atomic E-state index is -0.274. The maximum Gasteiger partial charge on any atom is 0.223 e. The summed E-state index contributed by atoms with van der Waals surface area (Å²) in [6.45, 7) is 2.03. The summed E-state index contributed by atoms with van der Waals surface area (Å²) in [6.07, 6.45) is 1.04. The van der Waals surface area contributed by atoms with Crippen molar-refractivity contribution in [2.24, 2.45) is 0 Å². The van der Waals surface area contributed by atoms with Crippen LogP contribution in [-0.4, -0.2) is 37.6 Å². The van der Waals surface area contributed by atoms with Gasteiger partial charge in [-0.3, -0.25) is 4.79 Å². The lowest BCUT2D eigenvalue weighted by Gasteiger charge is -2.36. The minimum absolute atomic E-state index is 0.0849. The molecule has 1 N–H and O–H groups in total. The molecule has 1 amide bonds. The summed E-state index contributed by atoms with van der Waals surface area (Å²) < 4.78 is 18.9. The molecule has 4 nitrogen and oxygen atoms in total. The molecule has 0 radical (unpaired) electrons. The Labute approximate surface area is 147 Å². The third kappa shape index (κ3) is 4.17. The van der Waals surface area contributed by atoms with Crippen LogP contribution < -0.4 is 10.1 Å². The molecule has 0 bridgehead atoms. The molecule has 0 aromatic heterocycles. The maximum absolute atomic E-state index is 13.6. The van der Waals surface area contributed by atoms with E-state index in [1.54, 1.807) is 13.2 Å². The molecule has 1 aliphatic rings. The molecule has 5 heteroatoms. The molecular formula is C20H23FN2O2. The molecule has 1 fully saturated rings. The third-order valence-corrected chi connectivity index (χ3v) is 4.60. The van der Waals surface area contributed by atoms with Gasteiger partial charge in [-0.05, 0) is 35.7 Å². The van der Waals surface area contributed by atoms with E-state index in [1.807, 2.05) is 35.2 Å². The van der Waals surface area contributed by atoms with E-state index >= 15 is 0 Å². The largest absolute Gasteiger partial charge is 0.496 e. The molecular weight excluding hydrogens is 319 g/mol. The van der Waals surface area contributed by atoms with Gasteiger partial charge in [0.05, 0.1) is 13.2 Å². The lowest BCUT2D eigenvalue weighted by molar-refractivity contribution is -0.134. The number of nitrogens with zero attached hydrogens (tertiary/aromatic N) is 1. The van der Waals surface area contributed by atoms with E-state index in [4.69, 9.17) is 4.74 Å². The van der Waals surface area contributed by atoms with Crippen molar-refractivity contribution in [3.05, 3.63) is 65.5 Å². The second-order valence-corrected chi connectivity index (χ2v) is 6.17. The number of halogens is 1. The number of nitrogens with one attached hydrogen (secondary N) is 1. The molecule has 1 saturated heterocycles. The van der Waals surface area contributed by atoms with Crippen molar-refractivity contribution in [1.82, 2.24) is 10.2 Å². The Morgan fingerprint density at radius 2 is 2.12 bits per heavy atom. The first kappa shape index (κ1) is 17.4. The van der Waals surface area contributed by atoms with Gasteiger partial charge in [-0.25, -0.2) is 4.39 Å². The van der Waals surface area contributed by atoms with Crippen LogP contribution in [0.25, 0.3) is 0 Å². The zero-order valence-electron chi connectivity index (χ0n) is 14.4. The van der Waals surface area contributed by atoms with Gasteiger partial charge in [0.2, 0.25) is 5.91 Å². The van der Waals surface area contributed by atoms with Crippen LogP contribution in [0.1, 0.15) is 23.6 Å². The molecule has 25 heavy (non-hydrogen) atoms. The fraction of sp³-hybridized carbons (Fsp3) is 0.350. The number of piperazine rings is 1. The number of aryl methyl sites for hydroxylation is 1. The quantitative estimate of drug-likeness (QED) is 0.908. The van der Waals surface area contributed by atoms with Crippen molar-refractivity contribution in [3.63, 3.8) is 0 Å². The van der Waals surface area contributed by atoms with Crippen molar-refractivity contribution >= 4 is 5.91 Å². The first-order valence-electron chi connectivity index (χ1n) is 8.56. The molecule has 0 spiro atoms. The molecule has 1 aliphatic heterocycles. The maximum atomic E-state index is 13.6. The van der Waals surface area contributed by atoms with Gasteiger partial charge < -0.3 is 15.0 Å². The smallest absolute Gasteiger partial charge is 0.223 e. The van der Waals surface area contributed by atoms with E-state index in [-0.39, 0.29) is 17.8 Å². The standard InChI is InChI=1S/C20H23FN2O2/c1-25-19-8-3-2-5-15(19)9-10-20(24)23-12-11-22-14-18(23)16-6-4-7-17(21)13-16/h2-8,13,18,22H,9-12,14H2,1H3. The van der Waals surface area contributed by atoms with Gasteiger partial charge in [0.1, 0.15) is 11.6 Å². The molecule has 0 aliphatic carbocycles. The molecule has 2 aromatic carbocycles. The van der Waals surface area contributed by atoms with E-state index in [1.165, 1.54) is 12.1 Å². The highest BCUT2D eigenvalue weighted by Crippen LogP contribution is 2.25. The minimum Gasteiger partial charge on any atom is -0.496 e. The van der Waals surface area contributed by atoms with Crippen LogP contribution in [0.4, 0.5) is 4.39 Å². The summed E-state index contributed by atoms with van der Waals surface area (Å²) in [4.78, 5) is 14.7. The Kier molecular flexibility index (Phi) is 5.66. The van der Waals surface area contributed by atoms with Crippen LogP contribution in [0.3, 0.4) is 0 Å². The van der Waals surface area contributed by atoms with Crippen LogP contribution in [0.2, 0.25) is 0 Å². The molecule has 1 atom stereocenters. The summed E-state index contributed by atoms with van der Waals surface area (Å²) in [6, 6.07) is 14.1. The first-order chi connectivity index (χ1) is 12.2. The van der Waals surface area contributed by atoms with Gasteiger partial charge >= 0.3 is 0 Å². The van der Waals surface area contributed by atoms with Gasteiger partial charge in [0.15, 0.2) is 0 Å². The SMILES string of the molecule is COc1ccccc1CCC(=O)N1CCNCC1c1cccc(F)c1. The monoisotopic (exact) mass is 342 g/mol. The number of rotatable bonds is 5. The predicted molar refractivity (Wildman–Crippen MR) is 95.0 cm³/mol. The summed E-state index contributed by atoms with van der Waals surface area (Å²) in [7, 11) is 1.64. The normalized spacial score (nSPS) is 17.4. The molecule has 1 heterocycles. The van der Waals surface area contributed by atoms with Gasteiger partial charge in [-0.1, -0.05) is 30.3 Å². The summed E-state index contributed by atoms with van der Waals surface area (Å²) >= 11 is 0. The Morgan fingerprint density at radius 1 is 1.28 bits per heavy atom. The second kappa shape index (κ2) is 8.12. The number of hydrogen-bond donors (Lipinski definition) is 1. The fourth-order valence-electron chi connectivity index (χ4n) is 3.31. The van der Waals surface area contributed by atoms with E-state index in [0.717, 1.165) is 23.4 Å². The zero-order valence-corrected chi connectivity index (χ0v) is 14.4. The van der Waals surface area contributed by atoms with E-state index in [9.17, 15) is 9.18 Å². The van der Waals surface area contributed by atoms with E-state index < -0.39 is 0 Å². The van der Waals surface area contributed by atoms with Crippen molar-refractivity contribution in [1.29, 1.82) is 0 Å². The molecule has 0 saturated carbocycles. The third-order valence-electron chi connectivity index (χ3n) is 4.60. The topological polar surface area (TPSA) is 41.6 Å². The molecule has 2 aromatic rings. The van der Waals surface area contributed by atoms with Crippen LogP contribution in [0.15, 0.2) is 48.5 Å². The number of para-hydroxylation sites is 1. The van der Waals surface area contributed by atoms with Crippen LogP contribution >= 0.6 is 0 Å².